The molecule has 0 saturated carbocycles. The number of benzene rings is 3. The van der Waals surface area contributed by atoms with Gasteiger partial charge in [-0.25, -0.2) is 0 Å². The predicted molar refractivity (Wildman–Crippen MR) is 107 cm³/mol. The largest absolute Gasteiger partial charge is 0.341 e. The van der Waals surface area contributed by atoms with Gasteiger partial charge >= 0.3 is 0 Å². The average molecular weight is 318 g/mol. The van der Waals surface area contributed by atoms with Crippen molar-refractivity contribution in [1.29, 1.82) is 0 Å². The Bertz CT molecular complexity index is 774. The highest BCUT2D eigenvalue weighted by Crippen LogP contribution is 2.50. The minimum atomic E-state index is 0. The Balaban J connectivity index is 0.00000104. The van der Waals surface area contributed by atoms with Gasteiger partial charge in [-0.2, -0.15) is 0 Å². The van der Waals surface area contributed by atoms with Gasteiger partial charge in [0.1, 0.15) is 0 Å². The summed E-state index contributed by atoms with van der Waals surface area (Å²) in [6.45, 7) is 2.12. The second-order valence-corrected chi connectivity index (χ2v) is 5.71. The second kappa shape index (κ2) is 6.79. The van der Waals surface area contributed by atoms with Gasteiger partial charge in [0.15, 0.2) is 0 Å². The molecule has 0 radical (unpaired) electrons. The molecule has 0 N–H and O–H groups in total. The molecule has 0 spiro atoms. The van der Waals surface area contributed by atoms with Crippen molar-refractivity contribution in [3.8, 4) is 0 Å². The summed E-state index contributed by atoms with van der Waals surface area (Å²) in [6.07, 6.45) is 0. The first-order chi connectivity index (χ1) is 10.8. The van der Waals surface area contributed by atoms with E-state index >= 15 is 0 Å². The van der Waals surface area contributed by atoms with Crippen molar-refractivity contribution in [2.24, 2.45) is 0 Å². The van der Waals surface area contributed by atoms with Gasteiger partial charge in [0.25, 0.3) is 0 Å². The minimum Gasteiger partial charge on any atom is -0.341 e. The summed E-state index contributed by atoms with van der Waals surface area (Å²) >= 11 is 0. The van der Waals surface area contributed by atoms with Crippen molar-refractivity contribution >= 4 is 28.4 Å². The number of hydrogen-bond donors (Lipinski definition) is 0. The maximum absolute atomic E-state index is 2.34. The molecule has 1 heterocycles. The number of fused-ring (bicyclic) bond motifs is 2. The zero-order valence-electron chi connectivity index (χ0n) is 12.8. The molecule has 0 fully saturated rings. The zero-order valence-corrected chi connectivity index (χ0v) is 12.8. The Morgan fingerprint density at radius 3 is 1.46 bits per heavy atom. The summed E-state index contributed by atoms with van der Waals surface area (Å²) in [5, 5.41) is 0. The molecule has 0 aromatic heterocycles. The maximum atomic E-state index is 2.34. The molecule has 4 rings (SSSR count). The minimum absolute atomic E-state index is 0. The van der Waals surface area contributed by atoms with Crippen molar-refractivity contribution in [2.75, 3.05) is 16.8 Å². The topological polar surface area (TPSA) is 6.48 Å². The molecular weight excluding hydrogens is 292 g/mol. The maximum Gasteiger partial charge on any atom is 0.0699 e. The third-order valence-electron chi connectivity index (χ3n) is 4.26. The lowest BCUT2D eigenvalue weighted by Gasteiger charge is -2.38. The molecule has 0 atom stereocenters. The van der Waals surface area contributed by atoms with Gasteiger partial charge in [0.05, 0.1) is 22.7 Å². The van der Waals surface area contributed by atoms with Crippen LogP contribution in [0, 0.1) is 6.92 Å². The number of aryl methyl sites for hydroxylation is 1. The van der Waals surface area contributed by atoms with Gasteiger partial charge < -0.3 is 9.80 Å². The van der Waals surface area contributed by atoms with Gasteiger partial charge in [-0.05, 0) is 43.3 Å². The predicted octanol–water partition coefficient (Wildman–Crippen LogP) is 6.82. The van der Waals surface area contributed by atoms with Crippen LogP contribution in [-0.2, 0) is 0 Å². The Labute approximate surface area is 146 Å². The summed E-state index contributed by atoms with van der Waals surface area (Å²) in [6, 6.07) is 25.8. The van der Waals surface area contributed by atoms with E-state index in [1.54, 1.807) is 0 Å². The van der Waals surface area contributed by atoms with Gasteiger partial charge in [-0.1, -0.05) is 56.8 Å². The first-order valence-corrected chi connectivity index (χ1v) is 7.54. The number of anilines is 5. The fraction of sp³-hybridized carbons (Fsp3) is 0.182. The summed E-state index contributed by atoms with van der Waals surface area (Å²) < 4.78 is 0. The number of rotatable bonds is 1. The fourth-order valence-corrected chi connectivity index (χ4v) is 3.11. The number of nitrogens with zero attached hydrogens (tertiary/aromatic N) is 2. The third kappa shape index (κ3) is 2.65. The summed E-state index contributed by atoms with van der Waals surface area (Å²) in [7, 11) is 2.13. The van der Waals surface area contributed by atoms with Crippen LogP contribution in [-0.4, -0.2) is 7.05 Å². The Morgan fingerprint density at radius 1 is 0.583 bits per heavy atom. The molecule has 2 nitrogen and oxygen atoms in total. The second-order valence-electron chi connectivity index (χ2n) is 5.71. The Morgan fingerprint density at radius 2 is 1.00 bits per heavy atom. The standard InChI is InChI=1S/C20H18N2.2CH4/c1-15-11-13-16(14-12-15)22-19-9-5-3-7-17(19)21(2)18-8-4-6-10-20(18)22;;/h3-14H,1-2H3;2*1H4. The monoisotopic (exact) mass is 318 g/mol. The van der Waals surface area contributed by atoms with Crippen LogP contribution in [0.2, 0.25) is 0 Å². The molecule has 2 heteroatoms. The molecule has 3 aromatic carbocycles. The van der Waals surface area contributed by atoms with Gasteiger partial charge in [0, 0.05) is 12.7 Å². The van der Waals surface area contributed by atoms with Gasteiger partial charge in [-0.3, -0.25) is 0 Å². The number of para-hydroxylation sites is 4. The van der Waals surface area contributed by atoms with Crippen LogP contribution in [0.4, 0.5) is 28.4 Å². The molecule has 0 amide bonds. The van der Waals surface area contributed by atoms with Gasteiger partial charge in [-0.15, -0.1) is 0 Å². The van der Waals surface area contributed by atoms with E-state index in [-0.39, 0.29) is 14.9 Å². The van der Waals surface area contributed by atoms with Crippen LogP contribution in [0.15, 0.2) is 72.8 Å². The molecular formula is C22H26N2. The van der Waals surface area contributed by atoms with E-state index in [2.05, 4.69) is 96.6 Å². The van der Waals surface area contributed by atoms with Crippen molar-refractivity contribution in [1.82, 2.24) is 0 Å². The fourth-order valence-electron chi connectivity index (χ4n) is 3.11. The van der Waals surface area contributed by atoms with Crippen molar-refractivity contribution in [3.63, 3.8) is 0 Å². The molecule has 24 heavy (non-hydrogen) atoms. The zero-order chi connectivity index (χ0) is 15.1. The van der Waals surface area contributed by atoms with E-state index in [0.29, 0.717) is 0 Å². The van der Waals surface area contributed by atoms with E-state index in [1.165, 1.54) is 34.0 Å². The highest BCUT2D eigenvalue weighted by Gasteiger charge is 2.26. The molecule has 1 aliphatic heterocycles. The molecule has 0 unspecified atom stereocenters. The first-order valence-electron chi connectivity index (χ1n) is 7.54. The van der Waals surface area contributed by atoms with Crippen LogP contribution in [0.5, 0.6) is 0 Å². The molecule has 124 valence electrons. The van der Waals surface area contributed by atoms with E-state index in [0.717, 1.165) is 0 Å². The van der Waals surface area contributed by atoms with Crippen molar-refractivity contribution < 1.29 is 0 Å². The van der Waals surface area contributed by atoms with E-state index in [4.69, 9.17) is 0 Å². The van der Waals surface area contributed by atoms with E-state index in [9.17, 15) is 0 Å². The van der Waals surface area contributed by atoms with E-state index in [1.807, 2.05) is 0 Å². The lowest BCUT2D eigenvalue weighted by atomic mass is 10.1. The molecule has 0 saturated heterocycles. The van der Waals surface area contributed by atoms with Crippen LogP contribution in [0.1, 0.15) is 20.4 Å². The summed E-state index contributed by atoms with van der Waals surface area (Å²) in [5.74, 6) is 0. The number of hydrogen-bond acceptors (Lipinski definition) is 2. The molecule has 3 aromatic rings. The van der Waals surface area contributed by atoms with Crippen molar-refractivity contribution in [3.05, 3.63) is 78.4 Å². The average Bonchev–Trinajstić information content (AvgIpc) is 2.57. The van der Waals surface area contributed by atoms with Crippen LogP contribution >= 0.6 is 0 Å². The highest BCUT2D eigenvalue weighted by molar-refractivity contribution is 5.97. The quantitative estimate of drug-likeness (QED) is 0.486. The van der Waals surface area contributed by atoms with Gasteiger partial charge in [0.2, 0.25) is 0 Å². The summed E-state index contributed by atoms with van der Waals surface area (Å²) in [4.78, 5) is 4.60. The Hall–Kier alpha value is -2.74. The summed E-state index contributed by atoms with van der Waals surface area (Å²) in [5.41, 5.74) is 7.35. The SMILES string of the molecule is C.C.Cc1ccc(N2c3ccccc3N(C)c3ccccc32)cc1. The Kier molecular flexibility index (Phi) is 4.99. The molecule has 0 bridgehead atoms. The highest BCUT2D eigenvalue weighted by atomic mass is 15.3. The smallest absolute Gasteiger partial charge is 0.0699 e. The van der Waals surface area contributed by atoms with E-state index < -0.39 is 0 Å². The van der Waals surface area contributed by atoms with Crippen LogP contribution < -0.4 is 9.80 Å². The lowest BCUT2D eigenvalue weighted by molar-refractivity contribution is 1.13. The normalized spacial score (nSPS) is 11.8. The van der Waals surface area contributed by atoms with Crippen LogP contribution in [0.3, 0.4) is 0 Å². The van der Waals surface area contributed by atoms with Crippen molar-refractivity contribution in [2.45, 2.75) is 21.8 Å². The lowest BCUT2D eigenvalue weighted by Crippen LogP contribution is -2.23. The first kappa shape index (κ1) is 17.6. The molecule has 0 aliphatic carbocycles. The van der Waals surface area contributed by atoms with Crippen LogP contribution in [0.25, 0.3) is 0 Å². The third-order valence-corrected chi connectivity index (χ3v) is 4.26. The molecule has 1 aliphatic rings.